The molecule has 2 aromatic carbocycles. The summed E-state index contributed by atoms with van der Waals surface area (Å²) in [4.78, 5) is 0. The third-order valence-electron chi connectivity index (χ3n) is 3.58. The van der Waals surface area contributed by atoms with E-state index in [1.165, 1.54) is 11.1 Å². The second-order valence-electron chi connectivity index (χ2n) is 4.77. The van der Waals surface area contributed by atoms with Crippen LogP contribution < -0.4 is 4.74 Å². The Hall–Kier alpha value is -0.990. The smallest absolute Gasteiger partial charge is 0.137 e. The average molecular weight is 338 g/mol. The summed E-state index contributed by atoms with van der Waals surface area (Å²) in [6.45, 7) is 0.712. The highest BCUT2D eigenvalue weighted by atomic mass is 79.9. The molecule has 1 aliphatic carbocycles. The van der Waals surface area contributed by atoms with Crippen molar-refractivity contribution in [2.45, 2.75) is 18.2 Å². The van der Waals surface area contributed by atoms with E-state index in [4.69, 9.17) is 16.3 Å². The van der Waals surface area contributed by atoms with Gasteiger partial charge in [-0.1, -0.05) is 36.4 Å². The summed E-state index contributed by atoms with van der Waals surface area (Å²) >= 11 is 9.47. The molecule has 3 rings (SSSR count). The molecule has 3 heteroatoms. The minimum absolute atomic E-state index is 0.468. The molecular formula is C16H14BrClO. The maximum Gasteiger partial charge on any atom is 0.137 e. The minimum Gasteiger partial charge on any atom is -0.491 e. The number of benzene rings is 2. The van der Waals surface area contributed by atoms with Crippen LogP contribution in [-0.2, 0) is 12.3 Å². The van der Waals surface area contributed by atoms with E-state index in [0.717, 1.165) is 22.2 Å². The van der Waals surface area contributed by atoms with E-state index in [0.29, 0.717) is 18.4 Å². The van der Waals surface area contributed by atoms with E-state index in [1.807, 2.05) is 18.2 Å². The molecule has 0 saturated carbocycles. The summed E-state index contributed by atoms with van der Waals surface area (Å²) in [5.41, 5.74) is 3.89. The molecule has 19 heavy (non-hydrogen) atoms. The molecule has 98 valence electrons. The maximum atomic E-state index is 5.99. The van der Waals surface area contributed by atoms with Crippen molar-refractivity contribution in [1.82, 2.24) is 0 Å². The van der Waals surface area contributed by atoms with Crippen LogP contribution in [0, 0.1) is 0 Å². The molecule has 0 saturated heterocycles. The quantitative estimate of drug-likeness (QED) is 0.721. The van der Waals surface area contributed by atoms with Crippen molar-refractivity contribution in [3.8, 4) is 5.75 Å². The van der Waals surface area contributed by atoms with Crippen LogP contribution in [0.2, 0.25) is 0 Å². The van der Waals surface area contributed by atoms with E-state index in [-0.39, 0.29) is 0 Å². The minimum atomic E-state index is 0.468. The fourth-order valence-electron chi connectivity index (χ4n) is 2.52. The number of halogens is 2. The second-order valence-corrected chi connectivity index (χ2v) is 5.89. The molecule has 0 fully saturated rings. The van der Waals surface area contributed by atoms with Crippen LogP contribution in [0.15, 0.2) is 46.9 Å². The van der Waals surface area contributed by atoms with Gasteiger partial charge < -0.3 is 4.74 Å². The van der Waals surface area contributed by atoms with Gasteiger partial charge in [0.05, 0.1) is 17.0 Å². The van der Waals surface area contributed by atoms with Gasteiger partial charge in [0.25, 0.3) is 0 Å². The highest BCUT2D eigenvalue weighted by molar-refractivity contribution is 9.10. The summed E-state index contributed by atoms with van der Waals surface area (Å²) in [5, 5.41) is 0. The highest BCUT2D eigenvalue weighted by Gasteiger charge is 2.26. The van der Waals surface area contributed by atoms with Crippen LogP contribution in [-0.4, -0.2) is 6.61 Å². The Balaban J connectivity index is 1.72. The Labute approximate surface area is 126 Å². The Bertz CT molecular complexity index is 597. The Morgan fingerprint density at radius 3 is 2.79 bits per heavy atom. The fraction of sp³-hybridized carbons (Fsp3) is 0.250. The van der Waals surface area contributed by atoms with Crippen molar-refractivity contribution in [3.63, 3.8) is 0 Å². The molecule has 1 atom stereocenters. The van der Waals surface area contributed by atoms with Gasteiger partial charge in [-0.2, -0.15) is 0 Å². The maximum absolute atomic E-state index is 5.99. The highest BCUT2D eigenvalue weighted by Crippen LogP contribution is 2.37. The van der Waals surface area contributed by atoms with Crippen LogP contribution in [0.1, 0.15) is 22.6 Å². The monoisotopic (exact) mass is 336 g/mol. The van der Waals surface area contributed by atoms with E-state index < -0.39 is 0 Å². The average Bonchev–Trinajstić information content (AvgIpc) is 2.41. The van der Waals surface area contributed by atoms with Crippen molar-refractivity contribution in [2.24, 2.45) is 0 Å². The normalized spacial score (nSPS) is 16.6. The molecule has 2 aromatic rings. The standard InChI is InChI=1S/C16H14BrClO/c17-15-7-3-5-12(9-18)16(15)19-10-13-8-11-4-1-2-6-14(11)13/h1-7,13H,8-10H2. The van der Waals surface area contributed by atoms with Gasteiger partial charge in [-0.25, -0.2) is 0 Å². The number of hydrogen-bond donors (Lipinski definition) is 0. The molecule has 0 aliphatic heterocycles. The molecule has 0 spiro atoms. The topological polar surface area (TPSA) is 9.23 Å². The van der Waals surface area contributed by atoms with Crippen molar-refractivity contribution in [3.05, 3.63) is 63.6 Å². The predicted molar refractivity (Wildman–Crippen MR) is 82.1 cm³/mol. The molecule has 1 nitrogen and oxygen atoms in total. The van der Waals surface area contributed by atoms with Crippen molar-refractivity contribution in [2.75, 3.05) is 6.61 Å². The lowest BCUT2D eigenvalue weighted by Gasteiger charge is -2.30. The first-order chi connectivity index (χ1) is 9.29. The van der Waals surface area contributed by atoms with E-state index >= 15 is 0 Å². The zero-order chi connectivity index (χ0) is 13.2. The molecule has 1 aliphatic rings. The summed E-state index contributed by atoms with van der Waals surface area (Å²) in [6, 6.07) is 14.5. The van der Waals surface area contributed by atoms with Gasteiger partial charge in [0.2, 0.25) is 0 Å². The Morgan fingerprint density at radius 2 is 2.00 bits per heavy atom. The van der Waals surface area contributed by atoms with Crippen LogP contribution in [0.25, 0.3) is 0 Å². The Kier molecular flexibility index (Phi) is 3.81. The summed E-state index contributed by atoms with van der Waals surface area (Å²) < 4.78 is 6.96. The van der Waals surface area contributed by atoms with Gasteiger partial charge in [0, 0.05) is 11.5 Å². The van der Waals surface area contributed by atoms with E-state index in [1.54, 1.807) is 0 Å². The van der Waals surface area contributed by atoms with Gasteiger partial charge in [-0.3, -0.25) is 0 Å². The number of fused-ring (bicyclic) bond motifs is 1. The zero-order valence-electron chi connectivity index (χ0n) is 10.4. The van der Waals surface area contributed by atoms with Crippen LogP contribution in [0.3, 0.4) is 0 Å². The van der Waals surface area contributed by atoms with Crippen LogP contribution in [0.4, 0.5) is 0 Å². The van der Waals surface area contributed by atoms with Gasteiger partial charge >= 0.3 is 0 Å². The first-order valence-corrected chi connectivity index (χ1v) is 7.66. The molecule has 0 bridgehead atoms. The van der Waals surface area contributed by atoms with E-state index in [2.05, 4.69) is 40.2 Å². The summed E-state index contributed by atoms with van der Waals surface area (Å²) in [5.74, 6) is 1.85. The third-order valence-corrected chi connectivity index (χ3v) is 4.49. The lowest BCUT2D eigenvalue weighted by atomic mass is 9.78. The number of rotatable bonds is 4. The number of para-hydroxylation sites is 1. The van der Waals surface area contributed by atoms with Gasteiger partial charge in [-0.05, 0) is 39.5 Å². The van der Waals surface area contributed by atoms with Gasteiger partial charge in [-0.15, -0.1) is 11.6 Å². The number of ether oxygens (including phenoxy) is 1. The van der Waals surface area contributed by atoms with Gasteiger partial charge in [0.15, 0.2) is 0 Å². The predicted octanol–water partition coefficient (Wildman–Crippen LogP) is 4.91. The number of alkyl halides is 1. The van der Waals surface area contributed by atoms with Crippen molar-refractivity contribution >= 4 is 27.5 Å². The summed E-state index contributed by atoms with van der Waals surface area (Å²) in [7, 11) is 0. The molecule has 0 amide bonds. The molecular weight excluding hydrogens is 324 g/mol. The van der Waals surface area contributed by atoms with Gasteiger partial charge in [0.1, 0.15) is 5.75 Å². The Morgan fingerprint density at radius 1 is 1.16 bits per heavy atom. The molecule has 0 aromatic heterocycles. The second kappa shape index (κ2) is 5.56. The summed E-state index contributed by atoms with van der Waals surface area (Å²) in [6.07, 6.45) is 1.11. The van der Waals surface area contributed by atoms with Crippen LogP contribution in [0.5, 0.6) is 5.75 Å². The lowest BCUT2D eigenvalue weighted by Crippen LogP contribution is -2.23. The first-order valence-electron chi connectivity index (χ1n) is 6.33. The molecule has 0 radical (unpaired) electrons. The largest absolute Gasteiger partial charge is 0.491 e. The van der Waals surface area contributed by atoms with E-state index in [9.17, 15) is 0 Å². The van der Waals surface area contributed by atoms with Crippen LogP contribution >= 0.6 is 27.5 Å². The lowest BCUT2D eigenvalue weighted by molar-refractivity contribution is 0.272. The first kappa shape index (κ1) is 13.0. The zero-order valence-corrected chi connectivity index (χ0v) is 12.7. The molecule has 0 heterocycles. The fourth-order valence-corrected chi connectivity index (χ4v) is 3.25. The van der Waals surface area contributed by atoms with Crippen molar-refractivity contribution < 1.29 is 4.74 Å². The molecule has 1 unspecified atom stereocenters. The SMILES string of the molecule is ClCc1cccc(Br)c1OCC1Cc2ccccc21. The molecule has 0 N–H and O–H groups in total. The van der Waals surface area contributed by atoms with Crippen molar-refractivity contribution in [1.29, 1.82) is 0 Å². The number of hydrogen-bond acceptors (Lipinski definition) is 1. The third kappa shape index (κ3) is 2.52.